The number of sulfone groups is 1. The predicted octanol–water partition coefficient (Wildman–Crippen LogP) is 5.59. The van der Waals surface area contributed by atoms with Crippen molar-refractivity contribution in [3.63, 3.8) is 0 Å². The number of benzene rings is 2. The van der Waals surface area contributed by atoms with Crippen LogP contribution in [0, 0.1) is 17.1 Å². The molecule has 2 aromatic carbocycles. The van der Waals surface area contributed by atoms with Gasteiger partial charge in [-0.3, -0.25) is 0 Å². The third-order valence-electron chi connectivity index (χ3n) is 7.23. The Balaban J connectivity index is 1.93. The van der Waals surface area contributed by atoms with Crippen molar-refractivity contribution < 1.29 is 26.4 Å². The highest BCUT2D eigenvalue weighted by atomic mass is 32.2. The number of hydrogen-bond acceptors (Lipinski definition) is 6. The summed E-state index contributed by atoms with van der Waals surface area (Å²) in [5.41, 5.74) is 1.92. The van der Waals surface area contributed by atoms with Gasteiger partial charge in [-0.1, -0.05) is 20.8 Å². The molecule has 0 fully saturated rings. The summed E-state index contributed by atoms with van der Waals surface area (Å²) in [4.78, 5) is 1.84. The topological polar surface area (TPSA) is 79.6 Å². The highest BCUT2D eigenvalue weighted by Crippen LogP contribution is 2.50. The van der Waals surface area contributed by atoms with Crippen LogP contribution in [0.15, 0.2) is 29.2 Å². The van der Waals surface area contributed by atoms with Crippen molar-refractivity contribution in [3.05, 3.63) is 46.8 Å². The zero-order chi connectivity index (χ0) is 25.9. The second kappa shape index (κ2) is 8.57. The number of hydrogen-bond donors (Lipinski definition) is 0. The maximum atomic E-state index is 15.7. The Kier molecular flexibility index (Phi) is 6.27. The molecule has 188 valence electrons. The normalized spacial score (nSPS) is 20.1. The van der Waals surface area contributed by atoms with Gasteiger partial charge in [0.2, 0.25) is 0 Å². The van der Waals surface area contributed by atoms with Crippen LogP contribution in [0.3, 0.4) is 0 Å². The van der Waals surface area contributed by atoms with Crippen LogP contribution in [0.2, 0.25) is 18.1 Å². The summed E-state index contributed by atoms with van der Waals surface area (Å²) in [5.74, 6) is -0.371. The first-order chi connectivity index (χ1) is 16.2. The van der Waals surface area contributed by atoms with E-state index in [-0.39, 0.29) is 34.3 Å². The highest BCUT2D eigenvalue weighted by Gasteiger charge is 2.46. The Morgan fingerprint density at radius 3 is 2.54 bits per heavy atom. The molecule has 2 atom stereocenters. The van der Waals surface area contributed by atoms with Gasteiger partial charge < -0.3 is 14.1 Å². The molecule has 2 aliphatic rings. The van der Waals surface area contributed by atoms with Crippen molar-refractivity contribution in [1.29, 1.82) is 5.26 Å². The fourth-order valence-electron chi connectivity index (χ4n) is 4.49. The maximum absolute atomic E-state index is 15.7. The Morgan fingerprint density at radius 1 is 1.26 bits per heavy atom. The maximum Gasteiger partial charge on any atom is 0.193 e. The molecule has 6 nitrogen and oxygen atoms in total. The molecule has 10 heteroatoms. The number of nitriles is 1. The largest absolute Gasteiger partial charge is 0.489 e. The van der Waals surface area contributed by atoms with E-state index in [2.05, 4.69) is 0 Å². The van der Waals surface area contributed by atoms with Crippen LogP contribution < -0.4 is 9.64 Å². The fourth-order valence-corrected chi connectivity index (χ4v) is 6.70. The third-order valence-corrected chi connectivity index (χ3v) is 12.8. The zero-order valence-electron chi connectivity index (χ0n) is 20.8. The number of halogens is 2. The SMILES string of the molecule is CC(C)(C)[Si](C)(C)OC1c2c(S(C)(=O)=O)ccc(N3CCOc4cc(F)cc(C#N)c43)c2C[C@H]1F. The van der Waals surface area contributed by atoms with Gasteiger partial charge in [0.15, 0.2) is 18.2 Å². The van der Waals surface area contributed by atoms with Crippen molar-refractivity contribution in [3.8, 4) is 11.8 Å². The molecule has 0 amide bonds. The van der Waals surface area contributed by atoms with Crippen LogP contribution in [0.4, 0.5) is 20.2 Å². The highest BCUT2D eigenvalue weighted by molar-refractivity contribution is 7.90. The van der Waals surface area contributed by atoms with Gasteiger partial charge in [-0.25, -0.2) is 17.2 Å². The van der Waals surface area contributed by atoms with E-state index in [1.165, 1.54) is 12.1 Å². The van der Waals surface area contributed by atoms with Gasteiger partial charge in [0.05, 0.1) is 17.0 Å². The first-order valence-corrected chi connectivity index (χ1v) is 16.3. The molecule has 1 heterocycles. The van der Waals surface area contributed by atoms with E-state index in [1.54, 1.807) is 11.0 Å². The van der Waals surface area contributed by atoms with Gasteiger partial charge in [0.25, 0.3) is 0 Å². The van der Waals surface area contributed by atoms with E-state index >= 15 is 4.39 Å². The van der Waals surface area contributed by atoms with Gasteiger partial charge in [-0.2, -0.15) is 5.26 Å². The van der Waals surface area contributed by atoms with Gasteiger partial charge >= 0.3 is 0 Å². The Morgan fingerprint density at radius 2 is 1.94 bits per heavy atom. The van der Waals surface area contributed by atoms with Crippen LogP contribution in [-0.4, -0.2) is 42.3 Å². The first-order valence-electron chi connectivity index (χ1n) is 11.5. The minimum atomic E-state index is -3.68. The molecule has 0 saturated carbocycles. The van der Waals surface area contributed by atoms with E-state index in [9.17, 15) is 18.1 Å². The van der Waals surface area contributed by atoms with Gasteiger partial charge in [-0.05, 0) is 41.9 Å². The van der Waals surface area contributed by atoms with Gasteiger partial charge in [-0.15, -0.1) is 0 Å². The molecule has 35 heavy (non-hydrogen) atoms. The molecule has 0 saturated heterocycles. The van der Waals surface area contributed by atoms with Crippen LogP contribution in [0.25, 0.3) is 0 Å². The average molecular weight is 521 g/mol. The van der Waals surface area contributed by atoms with Crippen molar-refractivity contribution in [1.82, 2.24) is 0 Å². The van der Waals surface area contributed by atoms with Crippen LogP contribution in [0.1, 0.15) is 43.6 Å². The van der Waals surface area contributed by atoms with Crippen molar-refractivity contribution in [2.45, 2.75) is 62.5 Å². The van der Waals surface area contributed by atoms with Crippen LogP contribution in [0.5, 0.6) is 5.75 Å². The van der Waals surface area contributed by atoms with E-state index in [1.807, 2.05) is 39.9 Å². The molecular formula is C25H30F2N2O4SSi. The molecule has 2 aromatic rings. The summed E-state index contributed by atoms with van der Waals surface area (Å²) in [7, 11) is -6.13. The van der Waals surface area contributed by atoms with E-state index in [4.69, 9.17) is 9.16 Å². The number of anilines is 2. The Labute approximate surface area is 206 Å². The standard InChI is InChI=1S/C25H30F2N2O4SSi/c1-25(2,3)35(5,6)33-24-18(27)13-17-19(7-8-21(22(17)24)34(4,30)31)29-9-10-32-20-12-16(26)11-15(14-28)23(20)29/h7-8,11-12,18,24H,9-10,13H2,1-6H3/t18-,24?/m1/s1. The van der Waals surface area contributed by atoms with Gasteiger partial charge in [0, 0.05) is 30.0 Å². The van der Waals surface area contributed by atoms with E-state index in [0.717, 1.165) is 12.3 Å². The Hall–Kier alpha value is -2.48. The molecule has 4 rings (SSSR count). The number of nitrogens with zero attached hydrogens (tertiary/aromatic N) is 2. The average Bonchev–Trinajstić information content (AvgIpc) is 3.05. The van der Waals surface area contributed by atoms with Crippen molar-refractivity contribution >= 4 is 29.5 Å². The quantitative estimate of drug-likeness (QED) is 0.489. The predicted molar refractivity (Wildman–Crippen MR) is 133 cm³/mol. The fraction of sp³-hybridized carbons (Fsp3) is 0.480. The lowest BCUT2D eigenvalue weighted by Gasteiger charge is -2.39. The zero-order valence-corrected chi connectivity index (χ0v) is 22.6. The summed E-state index contributed by atoms with van der Waals surface area (Å²) in [6.45, 7) is 10.7. The number of rotatable bonds is 4. The summed E-state index contributed by atoms with van der Waals surface area (Å²) in [6.07, 6.45) is -1.36. The van der Waals surface area contributed by atoms with Crippen molar-refractivity contribution in [2.24, 2.45) is 0 Å². The molecule has 0 aromatic heterocycles. The molecule has 0 spiro atoms. The van der Waals surface area contributed by atoms with E-state index < -0.39 is 36.2 Å². The molecule has 1 aliphatic heterocycles. The first kappa shape index (κ1) is 25.6. The second-order valence-corrected chi connectivity index (χ2v) is 17.4. The molecule has 0 radical (unpaired) electrons. The minimum absolute atomic E-state index is 0.0247. The minimum Gasteiger partial charge on any atom is -0.489 e. The molecule has 0 N–H and O–H groups in total. The molecule has 1 aliphatic carbocycles. The monoisotopic (exact) mass is 520 g/mol. The molecule has 1 unspecified atom stereocenters. The number of fused-ring (bicyclic) bond motifs is 2. The molecular weight excluding hydrogens is 490 g/mol. The molecule has 0 bridgehead atoms. The lowest BCUT2D eigenvalue weighted by molar-refractivity contribution is 0.0991. The lowest BCUT2D eigenvalue weighted by Crippen LogP contribution is -2.43. The summed E-state index contributed by atoms with van der Waals surface area (Å²) < 4.78 is 67.3. The van der Waals surface area contributed by atoms with Crippen LogP contribution in [-0.2, 0) is 20.7 Å². The summed E-state index contributed by atoms with van der Waals surface area (Å²) in [5, 5.41) is 9.46. The van der Waals surface area contributed by atoms with Crippen molar-refractivity contribution in [2.75, 3.05) is 24.3 Å². The lowest BCUT2D eigenvalue weighted by atomic mass is 10.0. The summed E-state index contributed by atoms with van der Waals surface area (Å²) in [6, 6.07) is 7.48. The van der Waals surface area contributed by atoms with E-state index in [0.29, 0.717) is 29.0 Å². The third kappa shape index (κ3) is 4.45. The summed E-state index contributed by atoms with van der Waals surface area (Å²) >= 11 is 0. The second-order valence-electron chi connectivity index (χ2n) is 10.7. The number of ether oxygens (including phenoxy) is 1. The van der Waals surface area contributed by atoms with Gasteiger partial charge in [0.1, 0.15) is 42.2 Å². The number of alkyl halides is 1. The van der Waals surface area contributed by atoms with Crippen LogP contribution >= 0.6 is 0 Å². The Bertz CT molecular complexity index is 1330. The smallest absolute Gasteiger partial charge is 0.193 e.